The van der Waals surface area contributed by atoms with E-state index in [2.05, 4.69) is 12.1 Å². The molecule has 0 aliphatic heterocycles. The van der Waals surface area contributed by atoms with Crippen molar-refractivity contribution in [2.45, 2.75) is 32.1 Å². The summed E-state index contributed by atoms with van der Waals surface area (Å²) >= 11 is 0. The van der Waals surface area contributed by atoms with Gasteiger partial charge in [-0.3, -0.25) is 4.79 Å². The van der Waals surface area contributed by atoms with Crippen LogP contribution in [0.2, 0.25) is 0 Å². The molecule has 0 radical (unpaired) electrons. The van der Waals surface area contributed by atoms with Gasteiger partial charge in [-0.2, -0.15) is 0 Å². The van der Waals surface area contributed by atoms with Crippen LogP contribution >= 0.6 is 0 Å². The molecule has 1 aromatic rings. The standard InChI is InChI=1S/C14H19NO2/c1-15(14(17)6-3-9-16)13-8-7-11-4-2-5-12(11)10-13/h7-8,10,16H,2-6,9H2,1H3. The van der Waals surface area contributed by atoms with Crippen LogP contribution in [0.3, 0.4) is 0 Å². The monoisotopic (exact) mass is 233 g/mol. The Hall–Kier alpha value is -1.35. The van der Waals surface area contributed by atoms with Crippen LogP contribution in [0.5, 0.6) is 0 Å². The van der Waals surface area contributed by atoms with Crippen LogP contribution in [0.15, 0.2) is 18.2 Å². The van der Waals surface area contributed by atoms with Gasteiger partial charge in [0.1, 0.15) is 0 Å². The molecule has 1 N–H and O–H groups in total. The third-order valence-electron chi connectivity index (χ3n) is 3.39. The van der Waals surface area contributed by atoms with Gasteiger partial charge in [-0.1, -0.05) is 6.07 Å². The van der Waals surface area contributed by atoms with Crippen molar-refractivity contribution in [1.82, 2.24) is 0 Å². The summed E-state index contributed by atoms with van der Waals surface area (Å²) in [4.78, 5) is 13.5. The number of fused-ring (bicyclic) bond motifs is 1. The molecule has 3 nitrogen and oxygen atoms in total. The van der Waals surface area contributed by atoms with Gasteiger partial charge in [0.25, 0.3) is 0 Å². The van der Waals surface area contributed by atoms with Gasteiger partial charge >= 0.3 is 0 Å². The van der Waals surface area contributed by atoms with E-state index >= 15 is 0 Å². The highest BCUT2D eigenvalue weighted by molar-refractivity contribution is 5.92. The van der Waals surface area contributed by atoms with E-state index in [0.717, 1.165) is 18.5 Å². The van der Waals surface area contributed by atoms with Crippen molar-refractivity contribution in [2.24, 2.45) is 0 Å². The average Bonchev–Trinajstić information content (AvgIpc) is 2.81. The Labute approximate surface area is 102 Å². The number of aryl methyl sites for hydroxylation is 2. The number of rotatable bonds is 4. The van der Waals surface area contributed by atoms with E-state index in [-0.39, 0.29) is 12.5 Å². The van der Waals surface area contributed by atoms with Gasteiger partial charge in [0.2, 0.25) is 5.91 Å². The number of aliphatic hydroxyl groups excluding tert-OH is 1. The maximum absolute atomic E-state index is 11.8. The minimum absolute atomic E-state index is 0.0667. The smallest absolute Gasteiger partial charge is 0.226 e. The van der Waals surface area contributed by atoms with Crippen LogP contribution in [-0.2, 0) is 17.6 Å². The Bertz CT molecular complexity index is 415. The predicted octanol–water partition coefficient (Wildman–Crippen LogP) is 1.91. The summed E-state index contributed by atoms with van der Waals surface area (Å²) in [6.07, 6.45) is 4.46. The van der Waals surface area contributed by atoms with Crippen molar-refractivity contribution < 1.29 is 9.90 Å². The van der Waals surface area contributed by atoms with Crippen molar-refractivity contribution in [3.05, 3.63) is 29.3 Å². The Kier molecular flexibility index (Phi) is 3.79. The molecule has 92 valence electrons. The van der Waals surface area contributed by atoms with Crippen LogP contribution in [-0.4, -0.2) is 24.7 Å². The lowest BCUT2D eigenvalue weighted by Gasteiger charge is -2.18. The number of hydrogen-bond acceptors (Lipinski definition) is 2. The number of aliphatic hydroxyl groups is 1. The van der Waals surface area contributed by atoms with Gasteiger partial charge in [-0.15, -0.1) is 0 Å². The highest BCUT2D eigenvalue weighted by Gasteiger charge is 2.15. The summed E-state index contributed by atoms with van der Waals surface area (Å²) in [6, 6.07) is 6.27. The first-order valence-electron chi connectivity index (χ1n) is 6.21. The van der Waals surface area contributed by atoms with Crippen LogP contribution in [0.4, 0.5) is 5.69 Å². The van der Waals surface area contributed by atoms with Gasteiger partial charge in [0.05, 0.1) is 0 Å². The third kappa shape index (κ3) is 2.67. The number of anilines is 1. The van der Waals surface area contributed by atoms with E-state index < -0.39 is 0 Å². The van der Waals surface area contributed by atoms with Crippen molar-refractivity contribution in [3.8, 4) is 0 Å². The van der Waals surface area contributed by atoms with Crippen molar-refractivity contribution in [1.29, 1.82) is 0 Å². The molecule has 0 saturated carbocycles. The van der Waals surface area contributed by atoms with Gasteiger partial charge in [0.15, 0.2) is 0 Å². The fourth-order valence-electron chi connectivity index (χ4n) is 2.31. The van der Waals surface area contributed by atoms with Crippen molar-refractivity contribution >= 4 is 11.6 Å². The van der Waals surface area contributed by atoms with Crippen molar-refractivity contribution in [2.75, 3.05) is 18.6 Å². The van der Waals surface area contributed by atoms with Crippen LogP contribution in [0, 0.1) is 0 Å². The van der Waals surface area contributed by atoms with Crippen LogP contribution in [0.25, 0.3) is 0 Å². The van der Waals surface area contributed by atoms with Gasteiger partial charge < -0.3 is 10.0 Å². The summed E-state index contributed by atoms with van der Waals surface area (Å²) in [5.74, 6) is 0.0667. The average molecular weight is 233 g/mol. The topological polar surface area (TPSA) is 40.5 Å². The summed E-state index contributed by atoms with van der Waals surface area (Å²) in [5, 5.41) is 8.72. The predicted molar refractivity (Wildman–Crippen MR) is 68.2 cm³/mol. The minimum Gasteiger partial charge on any atom is -0.396 e. The minimum atomic E-state index is 0.0667. The Morgan fingerprint density at radius 1 is 1.35 bits per heavy atom. The zero-order valence-electron chi connectivity index (χ0n) is 10.3. The second-order valence-corrected chi connectivity index (χ2v) is 4.59. The third-order valence-corrected chi connectivity index (χ3v) is 3.39. The molecule has 3 heteroatoms. The molecule has 0 fully saturated rings. The first-order chi connectivity index (χ1) is 8.22. The fourth-order valence-corrected chi connectivity index (χ4v) is 2.31. The molecule has 2 rings (SSSR count). The summed E-state index contributed by atoms with van der Waals surface area (Å²) in [6.45, 7) is 0.0732. The lowest BCUT2D eigenvalue weighted by atomic mass is 10.1. The molecule has 1 aliphatic rings. The number of hydrogen-bond donors (Lipinski definition) is 1. The molecule has 0 aromatic heterocycles. The molecule has 17 heavy (non-hydrogen) atoms. The molecular weight excluding hydrogens is 214 g/mol. The first-order valence-corrected chi connectivity index (χ1v) is 6.21. The van der Waals surface area contributed by atoms with E-state index in [1.54, 1.807) is 11.9 Å². The van der Waals surface area contributed by atoms with Crippen molar-refractivity contribution in [3.63, 3.8) is 0 Å². The summed E-state index contributed by atoms with van der Waals surface area (Å²) < 4.78 is 0. The number of amides is 1. The second kappa shape index (κ2) is 5.32. The van der Waals surface area contributed by atoms with Crippen LogP contribution in [0.1, 0.15) is 30.4 Å². The second-order valence-electron chi connectivity index (χ2n) is 4.59. The maximum Gasteiger partial charge on any atom is 0.226 e. The molecule has 1 aromatic carbocycles. The first kappa shape index (κ1) is 12.1. The molecule has 0 spiro atoms. The van der Waals surface area contributed by atoms with Crippen LogP contribution < -0.4 is 4.90 Å². The molecule has 0 bridgehead atoms. The quantitative estimate of drug-likeness (QED) is 0.863. The molecule has 1 aliphatic carbocycles. The van der Waals surface area contributed by atoms with Gasteiger partial charge in [0, 0.05) is 25.8 Å². The van der Waals surface area contributed by atoms with E-state index in [9.17, 15) is 4.79 Å². The van der Waals surface area contributed by atoms with E-state index in [0.29, 0.717) is 12.8 Å². The SMILES string of the molecule is CN(C(=O)CCCO)c1ccc2c(c1)CCC2. The van der Waals surface area contributed by atoms with E-state index in [1.165, 1.54) is 17.5 Å². The van der Waals surface area contributed by atoms with Gasteiger partial charge in [-0.25, -0.2) is 0 Å². The zero-order valence-corrected chi connectivity index (χ0v) is 10.3. The Balaban J connectivity index is 2.09. The fraction of sp³-hybridized carbons (Fsp3) is 0.500. The Morgan fingerprint density at radius 3 is 2.88 bits per heavy atom. The molecule has 0 heterocycles. The lowest BCUT2D eigenvalue weighted by molar-refractivity contribution is -0.118. The largest absolute Gasteiger partial charge is 0.396 e. The molecule has 1 amide bonds. The Morgan fingerprint density at radius 2 is 2.12 bits per heavy atom. The molecular formula is C14H19NO2. The van der Waals surface area contributed by atoms with E-state index in [4.69, 9.17) is 5.11 Å². The number of nitrogens with zero attached hydrogens (tertiary/aromatic N) is 1. The summed E-state index contributed by atoms with van der Waals surface area (Å²) in [7, 11) is 1.80. The maximum atomic E-state index is 11.8. The lowest BCUT2D eigenvalue weighted by Crippen LogP contribution is -2.26. The number of carbonyl (C=O) groups excluding carboxylic acids is 1. The van der Waals surface area contributed by atoms with Gasteiger partial charge in [-0.05, 0) is 48.9 Å². The zero-order chi connectivity index (χ0) is 12.3. The molecule has 0 unspecified atom stereocenters. The highest BCUT2D eigenvalue weighted by atomic mass is 16.3. The summed E-state index contributed by atoms with van der Waals surface area (Å²) in [5.41, 5.74) is 3.77. The normalized spacial score (nSPS) is 13.5. The number of benzene rings is 1. The highest BCUT2D eigenvalue weighted by Crippen LogP contribution is 2.26. The van der Waals surface area contributed by atoms with E-state index in [1.807, 2.05) is 6.07 Å². The molecule has 0 saturated heterocycles. The number of carbonyl (C=O) groups is 1. The molecule has 0 atom stereocenters.